The highest BCUT2D eigenvalue weighted by Gasteiger charge is 2.34. The van der Waals surface area contributed by atoms with E-state index in [1.807, 2.05) is 37.3 Å². The third-order valence-corrected chi connectivity index (χ3v) is 3.29. The van der Waals surface area contributed by atoms with Crippen molar-refractivity contribution in [3.05, 3.63) is 46.0 Å². The zero-order valence-electron chi connectivity index (χ0n) is 10.8. The number of rotatable bonds is 7. The van der Waals surface area contributed by atoms with Gasteiger partial charge in [0.2, 0.25) is 6.04 Å². The van der Waals surface area contributed by atoms with Crippen LogP contribution >= 0.6 is 0 Å². The summed E-state index contributed by atoms with van der Waals surface area (Å²) in [6, 6.07) is 8.53. The lowest BCUT2D eigenvalue weighted by atomic mass is 9.80. The molecule has 4 nitrogen and oxygen atoms in total. The first-order valence-electron chi connectivity index (χ1n) is 6.25. The van der Waals surface area contributed by atoms with Crippen LogP contribution < -0.4 is 0 Å². The fraction of sp³-hybridized carbons (Fsp3) is 0.500. The van der Waals surface area contributed by atoms with Crippen molar-refractivity contribution in [2.45, 2.75) is 38.6 Å². The number of nitro groups is 1. The largest absolute Gasteiger partial charge is 0.303 e. The van der Waals surface area contributed by atoms with Crippen LogP contribution in [0.5, 0.6) is 0 Å². The van der Waals surface area contributed by atoms with E-state index in [4.69, 9.17) is 0 Å². The van der Waals surface area contributed by atoms with Crippen LogP contribution in [0.15, 0.2) is 30.3 Å². The Balaban J connectivity index is 3.09. The van der Waals surface area contributed by atoms with E-state index in [0.29, 0.717) is 6.42 Å². The van der Waals surface area contributed by atoms with Gasteiger partial charge in [-0.25, -0.2) is 0 Å². The Morgan fingerprint density at radius 1 is 1.33 bits per heavy atom. The highest BCUT2D eigenvalue weighted by atomic mass is 16.6. The van der Waals surface area contributed by atoms with Crippen LogP contribution in [0.4, 0.5) is 0 Å². The molecule has 0 aliphatic heterocycles. The highest BCUT2D eigenvalue weighted by Crippen LogP contribution is 2.31. The standard InChI is InChI=1S/C14H19NO3/c1-3-7-13(10-16)14(11(2)15(17)18)12-8-5-4-6-9-12/h4-6,8-11,13-14H,3,7H2,1-2H3/t11-,13+,14-/m1/s1. The third-order valence-electron chi connectivity index (χ3n) is 3.29. The van der Waals surface area contributed by atoms with Crippen LogP contribution in [0, 0.1) is 16.0 Å². The van der Waals surface area contributed by atoms with E-state index >= 15 is 0 Å². The number of aldehydes is 1. The summed E-state index contributed by atoms with van der Waals surface area (Å²) < 4.78 is 0. The number of carbonyl (C=O) groups excluding carboxylic acids is 1. The molecule has 0 amide bonds. The maximum absolute atomic E-state index is 11.2. The molecular formula is C14H19NO3. The molecule has 0 heterocycles. The monoisotopic (exact) mass is 249 g/mol. The van der Waals surface area contributed by atoms with E-state index < -0.39 is 6.04 Å². The average molecular weight is 249 g/mol. The summed E-state index contributed by atoms with van der Waals surface area (Å²) in [5.41, 5.74) is 0.868. The molecule has 1 aromatic rings. The number of nitrogens with zero attached hydrogens (tertiary/aromatic N) is 1. The van der Waals surface area contributed by atoms with Crippen molar-refractivity contribution >= 4 is 6.29 Å². The Morgan fingerprint density at radius 2 is 1.94 bits per heavy atom. The van der Waals surface area contributed by atoms with Crippen molar-refractivity contribution in [3.8, 4) is 0 Å². The smallest absolute Gasteiger partial charge is 0.217 e. The Hall–Kier alpha value is -1.71. The van der Waals surface area contributed by atoms with Crippen molar-refractivity contribution in [3.63, 3.8) is 0 Å². The van der Waals surface area contributed by atoms with Crippen LogP contribution in [-0.2, 0) is 4.79 Å². The van der Waals surface area contributed by atoms with Crippen LogP contribution in [0.25, 0.3) is 0 Å². The average Bonchev–Trinajstić information content (AvgIpc) is 2.39. The van der Waals surface area contributed by atoms with Gasteiger partial charge < -0.3 is 4.79 Å². The van der Waals surface area contributed by atoms with Gasteiger partial charge in [-0.3, -0.25) is 10.1 Å². The number of hydrogen-bond acceptors (Lipinski definition) is 3. The van der Waals surface area contributed by atoms with Gasteiger partial charge in [0, 0.05) is 17.8 Å². The minimum Gasteiger partial charge on any atom is -0.303 e. The Bertz CT molecular complexity index is 391. The molecule has 0 radical (unpaired) electrons. The fourth-order valence-electron chi connectivity index (χ4n) is 2.36. The van der Waals surface area contributed by atoms with E-state index in [0.717, 1.165) is 18.3 Å². The molecule has 98 valence electrons. The van der Waals surface area contributed by atoms with E-state index in [2.05, 4.69) is 0 Å². The molecule has 0 bridgehead atoms. The Labute approximate surface area is 107 Å². The summed E-state index contributed by atoms with van der Waals surface area (Å²) in [5, 5.41) is 11.0. The fourth-order valence-corrected chi connectivity index (χ4v) is 2.36. The molecule has 4 heteroatoms. The first kappa shape index (κ1) is 14.4. The molecule has 0 saturated carbocycles. The number of carbonyl (C=O) groups is 1. The molecule has 0 unspecified atom stereocenters. The first-order chi connectivity index (χ1) is 8.61. The van der Waals surface area contributed by atoms with E-state index in [1.54, 1.807) is 6.92 Å². The molecule has 0 fully saturated rings. The van der Waals surface area contributed by atoms with Crippen molar-refractivity contribution in [1.82, 2.24) is 0 Å². The van der Waals surface area contributed by atoms with E-state index in [9.17, 15) is 14.9 Å². The summed E-state index contributed by atoms with van der Waals surface area (Å²) >= 11 is 0. The van der Waals surface area contributed by atoms with E-state index in [1.165, 1.54) is 0 Å². The van der Waals surface area contributed by atoms with Gasteiger partial charge in [0.25, 0.3) is 0 Å². The van der Waals surface area contributed by atoms with Gasteiger partial charge in [-0.05, 0) is 12.0 Å². The van der Waals surface area contributed by atoms with Gasteiger partial charge in [0.05, 0.1) is 5.92 Å². The maximum Gasteiger partial charge on any atom is 0.217 e. The van der Waals surface area contributed by atoms with Gasteiger partial charge in [0.15, 0.2) is 0 Å². The molecule has 18 heavy (non-hydrogen) atoms. The summed E-state index contributed by atoms with van der Waals surface area (Å²) in [5.74, 6) is -0.642. The van der Waals surface area contributed by atoms with Gasteiger partial charge in [-0.1, -0.05) is 43.7 Å². The molecule has 0 aliphatic carbocycles. The predicted octanol–water partition coefficient (Wildman–Crippen LogP) is 3.05. The molecule has 0 spiro atoms. The molecular weight excluding hydrogens is 230 g/mol. The van der Waals surface area contributed by atoms with Crippen molar-refractivity contribution in [1.29, 1.82) is 0 Å². The van der Waals surface area contributed by atoms with Crippen LogP contribution in [0.2, 0.25) is 0 Å². The summed E-state index contributed by atoms with van der Waals surface area (Å²) in [6.07, 6.45) is 2.39. The molecule has 1 rings (SSSR count). The second-order valence-electron chi connectivity index (χ2n) is 4.55. The van der Waals surface area contributed by atoms with Crippen LogP contribution in [0.3, 0.4) is 0 Å². The van der Waals surface area contributed by atoms with E-state index in [-0.39, 0.29) is 16.8 Å². The molecule has 0 saturated heterocycles. The summed E-state index contributed by atoms with van der Waals surface area (Å²) in [7, 11) is 0. The quantitative estimate of drug-likeness (QED) is 0.424. The number of benzene rings is 1. The molecule has 3 atom stereocenters. The second kappa shape index (κ2) is 6.89. The van der Waals surface area contributed by atoms with Crippen molar-refractivity contribution in [2.75, 3.05) is 0 Å². The number of hydrogen-bond donors (Lipinski definition) is 0. The molecule has 0 aliphatic rings. The minimum atomic E-state index is -0.755. The topological polar surface area (TPSA) is 60.2 Å². The maximum atomic E-state index is 11.2. The van der Waals surface area contributed by atoms with Gasteiger partial charge in [-0.15, -0.1) is 0 Å². The van der Waals surface area contributed by atoms with Gasteiger partial charge in [0.1, 0.15) is 6.29 Å². The highest BCUT2D eigenvalue weighted by molar-refractivity contribution is 5.56. The van der Waals surface area contributed by atoms with Crippen molar-refractivity contribution in [2.24, 2.45) is 5.92 Å². The van der Waals surface area contributed by atoms with Crippen molar-refractivity contribution < 1.29 is 9.72 Å². The van der Waals surface area contributed by atoms with Gasteiger partial charge in [-0.2, -0.15) is 0 Å². The second-order valence-corrected chi connectivity index (χ2v) is 4.55. The van der Waals surface area contributed by atoms with Crippen LogP contribution in [-0.4, -0.2) is 17.3 Å². The third kappa shape index (κ3) is 3.39. The van der Waals surface area contributed by atoms with Gasteiger partial charge >= 0.3 is 0 Å². The van der Waals surface area contributed by atoms with Crippen LogP contribution in [0.1, 0.15) is 38.2 Å². The lowest BCUT2D eigenvalue weighted by Gasteiger charge is -2.24. The normalized spacial score (nSPS) is 15.7. The molecule has 0 aromatic heterocycles. The lowest BCUT2D eigenvalue weighted by Crippen LogP contribution is -2.30. The Morgan fingerprint density at radius 3 is 2.39 bits per heavy atom. The molecule has 1 aromatic carbocycles. The zero-order chi connectivity index (χ0) is 13.5. The summed E-state index contributed by atoms with van der Waals surface area (Å²) in [4.78, 5) is 21.9. The molecule has 0 N–H and O–H groups in total. The Kier molecular flexibility index (Phi) is 5.49. The first-order valence-corrected chi connectivity index (χ1v) is 6.25. The lowest BCUT2D eigenvalue weighted by molar-refractivity contribution is -0.523. The minimum absolute atomic E-state index is 0.294. The predicted molar refractivity (Wildman–Crippen MR) is 70.1 cm³/mol. The zero-order valence-corrected chi connectivity index (χ0v) is 10.8. The SMILES string of the molecule is CCC[C@@H](C=O)[C@@H](c1ccccc1)[C@@H](C)[N+](=O)[O-]. The summed E-state index contributed by atoms with van der Waals surface area (Å²) in [6.45, 7) is 3.55.